The van der Waals surface area contributed by atoms with Crippen molar-refractivity contribution in [3.05, 3.63) is 34.4 Å². The Hall–Kier alpha value is -2.02. The Morgan fingerprint density at radius 3 is 2.52 bits per heavy atom. The molecule has 6 nitrogen and oxygen atoms in total. The van der Waals surface area contributed by atoms with Crippen LogP contribution in [0.2, 0.25) is 0 Å². The molecule has 1 aromatic heterocycles. The molecule has 0 aliphatic carbocycles. The van der Waals surface area contributed by atoms with E-state index in [-0.39, 0.29) is 0 Å². The Bertz CT molecular complexity index is 622. The minimum atomic E-state index is 0.486. The number of rotatable bonds is 6. The number of methoxy groups -OCH3 is 3. The summed E-state index contributed by atoms with van der Waals surface area (Å²) in [6.45, 7) is 0.561. The van der Waals surface area contributed by atoms with Gasteiger partial charge in [-0.15, -0.1) is 0 Å². The van der Waals surface area contributed by atoms with Crippen molar-refractivity contribution in [1.29, 1.82) is 0 Å². The summed E-state index contributed by atoms with van der Waals surface area (Å²) >= 11 is 3.31. The van der Waals surface area contributed by atoms with Gasteiger partial charge < -0.3 is 19.5 Å². The van der Waals surface area contributed by atoms with Crippen LogP contribution < -0.4 is 19.5 Å². The molecule has 0 bridgehead atoms. The summed E-state index contributed by atoms with van der Waals surface area (Å²) in [5.41, 5.74) is 1.03. The highest BCUT2D eigenvalue weighted by molar-refractivity contribution is 9.10. The van der Waals surface area contributed by atoms with E-state index in [0.29, 0.717) is 34.3 Å². The molecule has 1 aromatic carbocycles. The average molecular weight is 354 g/mol. The van der Waals surface area contributed by atoms with Gasteiger partial charge in [-0.3, -0.25) is 0 Å². The van der Waals surface area contributed by atoms with Crippen molar-refractivity contribution in [2.24, 2.45) is 0 Å². The number of hydrogen-bond donors (Lipinski definition) is 1. The van der Waals surface area contributed by atoms with Crippen molar-refractivity contribution < 1.29 is 14.2 Å². The van der Waals surface area contributed by atoms with Crippen LogP contribution in [0.15, 0.2) is 28.9 Å². The fourth-order valence-corrected chi connectivity index (χ4v) is 2.10. The summed E-state index contributed by atoms with van der Waals surface area (Å²) in [5.74, 6) is 2.36. The molecule has 0 fully saturated rings. The number of halogens is 1. The molecule has 0 aliphatic rings. The molecule has 0 spiro atoms. The maximum Gasteiger partial charge on any atom is 0.232 e. The molecule has 1 N–H and O–H groups in total. The first-order valence-electron chi connectivity index (χ1n) is 6.19. The molecule has 0 radical (unpaired) electrons. The number of anilines is 1. The molecule has 21 heavy (non-hydrogen) atoms. The zero-order valence-electron chi connectivity index (χ0n) is 12.0. The topological polar surface area (TPSA) is 65.5 Å². The normalized spacial score (nSPS) is 10.1. The zero-order valence-corrected chi connectivity index (χ0v) is 13.6. The lowest BCUT2D eigenvalue weighted by Crippen LogP contribution is -2.05. The third kappa shape index (κ3) is 3.75. The lowest BCUT2D eigenvalue weighted by atomic mass is 10.2. The predicted octanol–water partition coefficient (Wildman–Crippen LogP) is 2.88. The van der Waals surface area contributed by atoms with Gasteiger partial charge in [-0.25, -0.2) is 4.98 Å². The van der Waals surface area contributed by atoms with Gasteiger partial charge in [0.2, 0.25) is 11.8 Å². The van der Waals surface area contributed by atoms with E-state index < -0.39 is 0 Å². The van der Waals surface area contributed by atoms with Gasteiger partial charge in [0, 0.05) is 6.54 Å². The highest BCUT2D eigenvalue weighted by atomic mass is 79.9. The van der Waals surface area contributed by atoms with Crippen LogP contribution in [0.3, 0.4) is 0 Å². The molecule has 112 valence electrons. The fraction of sp³-hybridized carbons (Fsp3) is 0.286. The molecular weight excluding hydrogens is 338 g/mol. The van der Waals surface area contributed by atoms with Crippen LogP contribution in [0, 0.1) is 0 Å². The van der Waals surface area contributed by atoms with Crippen LogP contribution in [-0.2, 0) is 6.54 Å². The number of nitrogens with zero attached hydrogens (tertiary/aromatic N) is 2. The fourth-order valence-electron chi connectivity index (χ4n) is 1.75. The van der Waals surface area contributed by atoms with E-state index in [0.717, 1.165) is 5.56 Å². The highest BCUT2D eigenvalue weighted by Crippen LogP contribution is 2.28. The van der Waals surface area contributed by atoms with Crippen LogP contribution >= 0.6 is 15.9 Å². The summed E-state index contributed by atoms with van der Waals surface area (Å²) in [6.07, 6.45) is 1.64. The van der Waals surface area contributed by atoms with E-state index in [1.165, 1.54) is 0 Å². The van der Waals surface area contributed by atoms with Gasteiger partial charge >= 0.3 is 0 Å². The predicted molar refractivity (Wildman–Crippen MR) is 83.2 cm³/mol. The first-order chi connectivity index (χ1) is 10.2. The summed E-state index contributed by atoms with van der Waals surface area (Å²) < 4.78 is 16.3. The van der Waals surface area contributed by atoms with Crippen LogP contribution in [-0.4, -0.2) is 31.3 Å². The maximum atomic E-state index is 5.27. The lowest BCUT2D eigenvalue weighted by Gasteiger charge is -2.10. The third-order valence-electron chi connectivity index (χ3n) is 2.80. The summed E-state index contributed by atoms with van der Waals surface area (Å²) in [6, 6.07) is 5.71. The highest BCUT2D eigenvalue weighted by Gasteiger charge is 2.07. The number of nitrogens with one attached hydrogen (secondary N) is 1. The van der Waals surface area contributed by atoms with Crippen molar-refractivity contribution in [2.45, 2.75) is 6.54 Å². The lowest BCUT2D eigenvalue weighted by molar-refractivity contribution is 0.354. The van der Waals surface area contributed by atoms with Crippen molar-refractivity contribution in [1.82, 2.24) is 9.97 Å². The summed E-state index contributed by atoms with van der Waals surface area (Å²) in [7, 11) is 4.78. The number of hydrogen-bond acceptors (Lipinski definition) is 6. The van der Waals surface area contributed by atoms with Gasteiger partial charge in [0.1, 0.15) is 0 Å². The molecule has 0 saturated carbocycles. The van der Waals surface area contributed by atoms with Gasteiger partial charge in [-0.05, 0) is 33.6 Å². The monoisotopic (exact) mass is 353 g/mol. The van der Waals surface area contributed by atoms with Gasteiger partial charge in [-0.2, -0.15) is 4.98 Å². The van der Waals surface area contributed by atoms with Crippen LogP contribution in [0.1, 0.15) is 5.56 Å². The Morgan fingerprint density at radius 2 is 1.86 bits per heavy atom. The average Bonchev–Trinajstić information content (AvgIpc) is 2.53. The maximum absolute atomic E-state index is 5.27. The Kier molecular flexibility index (Phi) is 5.21. The molecule has 0 amide bonds. The van der Waals surface area contributed by atoms with E-state index in [1.54, 1.807) is 27.5 Å². The van der Waals surface area contributed by atoms with Gasteiger partial charge in [0.15, 0.2) is 11.5 Å². The summed E-state index contributed by atoms with van der Waals surface area (Å²) in [5, 5.41) is 3.13. The Morgan fingerprint density at radius 1 is 1.10 bits per heavy atom. The van der Waals surface area contributed by atoms with Crippen molar-refractivity contribution in [3.8, 4) is 17.4 Å². The molecule has 2 aromatic rings. The van der Waals surface area contributed by atoms with E-state index in [2.05, 4.69) is 31.2 Å². The van der Waals surface area contributed by atoms with Crippen LogP contribution in [0.5, 0.6) is 17.4 Å². The number of benzene rings is 1. The van der Waals surface area contributed by atoms with Crippen molar-refractivity contribution in [3.63, 3.8) is 0 Å². The number of ether oxygens (including phenoxy) is 3. The first-order valence-corrected chi connectivity index (χ1v) is 6.98. The van der Waals surface area contributed by atoms with E-state index >= 15 is 0 Å². The molecule has 2 rings (SSSR count). The molecule has 0 aliphatic heterocycles. The first kappa shape index (κ1) is 15.4. The van der Waals surface area contributed by atoms with E-state index in [9.17, 15) is 0 Å². The molecule has 1 heterocycles. The molecule has 0 unspecified atom stereocenters. The SMILES string of the molecule is COc1ccc(CNc2ncc(Br)c(OC)n2)cc1OC. The summed E-state index contributed by atoms with van der Waals surface area (Å²) in [4.78, 5) is 8.41. The van der Waals surface area contributed by atoms with Gasteiger partial charge in [0.05, 0.1) is 32.0 Å². The smallest absolute Gasteiger partial charge is 0.232 e. The molecule has 0 atom stereocenters. The Balaban J connectivity index is 2.09. The van der Waals surface area contributed by atoms with Crippen molar-refractivity contribution in [2.75, 3.05) is 26.6 Å². The molecular formula is C14H16BrN3O3. The van der Waals surface area contributed by atoms with Crippen LogP contribution in [0.25, 0.3) is 0 Å². The van der Waals surface area contributed by atoms with Gasteiger partial charge in [-0.1, -0.05) is 6.07 Å². The van der Waals surface area contributed by atoms with Crippen LogP contribution in [0.4, 0.5) is 5.95 Å². The van der Waals surface area contributed by atoms with Crippen molar-refractivity contribution >= 4 is 21.9 Å². The quantitative estimate of drug-likeness (QED) is 0.861. The van der Waals surface area contributed by atoms with E-state index in [1.807, 2.05) is 18.2 Å². The molecule has 7 heteroatoms. The second-order valence-electron chi connectivity index (χ2n) is 4.09. The molecule has 0 saturated heterocycles. The standard InChI is InChI=1S/C14H16BrN3O3/c1-19-11-5-4-9(6-12(11)20-2)7-16-14-17-8-10(15)13(18-14)21-3/h4-6,8H,7H2,1-3H3,(H,16,17,18). The zero-order chi connectivity index (χ0) is 15.2. The van der Waals surface area contributed by atoms with Gasteiger partial charge in [0.25, 0.3) is 0 Å². The van der Waals surface area contributed by atoms with E-state index in [4.69, 9.17) is 14.2 Å². The largest absolute Gasteiger partial charge is 0.493 e. The second kappa shape index (κ2) is 7.12. The Labute approximate surface area is 131 Å². The minimum Gasteiger partial charge on any atom is -0.493 e. The minimum absolute atomic E-state index is 0.486. The number of aromatic nitrogens is 2. The third-order valence-corrected chi connectivity index (χ3v) is 3.35. The second-order valence-corrected chi connectivity index (χ2v) is 4.95.